The Balaban J connectivity index is 4.53. The van der Waals surface area contributed by atoms with Crippen LogP contribution in [0, 0.1) is 0 Å². The first-order valence-electron chi connectivity index (χ1n) is 24.4. The molecule has 0 saturated carbocycles. The predicted molar refractivity (Wildman–Crippen MR) is 260 cm³/mol. The molecule has 344 valence electrons. The van der Waals surface area contributed by atoms with Gasteiger partial charge >= 0.3 is 17.9 Å². The third-order valence-electron chi connectivity index (χ3n) is 9.76. The number of hydrogen-bond acceptors (Lipinski definition) is 6. The van der Waals surface area contributed by atoms with Crippen molar-refractivity contribution in [1.82, 2.24) is 0 Å². The van der Waals surface area contributed by atoms with Gasteiger partial charge in [-0.25, -0.2) is 0 Å². The van der Waals surface area contributed by atoms with Gasteiger partial charge in [0, 0.05) is 19.3 Å². The number of ether oxygens (including phenoxy) is 3. The van der Waals surface area contributed by atoms with Crippen molar-refractivity contribution in [3.63, 3.8) is 0 Å². The highest BCUT2D eigenvalue weighted by Gasteiger charge is 2.19. The van der Waals surface area contributed by atoms with E-state index in [2.05, 4.69) is 118 Å². The highest BCUT2D eigenvalue weighted by Crippen LogP contribution is 2.12. The minimum atomic E-state index is -0.819. The van der Waals surface area contributed by atoms with Crippen molar-refractivity contribution in [2.24, 2.45) is 0 Å². The molecule has 0 aromatic heterocycles. The van der Waals surface area contributed by atoms with E-state index in [4.69, 9.17) is 14.2 Å². The molecule has 61 heavy (non-hydrogen) atoms. The van der Waals surface area contributed by atoms with Crippen molar-refractivity contribution in [2.75, 3.05) is 13.2 Å². The van der Waals surface area contributed by atoms with E-state index in [1.165, 1.54) is 32.1 Å². The predicted octanol–water partition coefficient (Wildman–Crippen LogP) is 16.0. The summed E-state index contributed by atoms with van der Waals surface area (Å²) >= 11 is 0. The Bertz CT molecular complexity index is 1290. The summed E-state index contributed by atoms with van der Waals surface area (Å²) < 4.78 is 16.7. The maximum Gasteiger partial charge on any atom is 0.306 e. The minimum Gasteiger partial charge on any atom is -0.462 e. The van der Waals surface area contributed by atoms with Gasteiger partial charge in [0.15, 0.2) is 6.10 Å². The molecule has 0 rings (SSSR count). The van der Waals surface area contributed by atoms with Gasteiger partial charge in [-0.2, -0.15) is 0 Å². The van der Waals surface area contributed by atoms with Crippen LogP contribution in [0.3, 0.4) is 0 Å². The molecule has 6 nitrogen and oxygen atoms in total. The first kappa shape index (κ1) is 57.1. The fourth-order valence-corrected chi connectivity index (χ4v) is 6.15. The number of carbonyl (C=O) groups is 3. The largest absolute Gasteiger partial charge is 0.462 e. The van der Waals surface area contributed by atoms with Gasteiger partial charge in [0.2, 0.25) is 0 Å². The maximum atomic E-state index is 12.7. The van der Waals surface area contributed by atoms with E-state index in [-0.39, 0.29) is 37.5 Å². The standard InChI is InChI=1S/C55H88O6/c1-4-7-10-13-16-19-22-25-26-27-28-29-30-31-34-36-39-42-45-48-54(57)60-51-52(61-55(58)49-46-43-40-37-33-24-21-18-15-12-9-6-3)50-59-53(56)47-44-41-38-35-32-23-20-17-14-11-8-5-2/h7,9-10,12,16-21,25-26,28-29,31,34,39,42,52H,4-6,8,11,13-15,22-24,27,30,32-33,35-38,40-41,43-51H2,1-3H3/b10-7-,12-9-,19-16-,20-17-,21-18-,26-25-,29-28-,34-31-,42-39-. The van der Waals surface area contributed by atoms with Crippen LogP contribution in [0.2, 0.25) is 0 Å². The van der Waals surface area contributed by atoms with E-state index in [1.54, 1.807) is 0 Å². The average molecular weight is 845 g/mol. The van der Waals surface area contributed by atoms with Crippen molar-refractivity contribution in [2.45, 2.75) is 207 Å². The second kappa shape index (κ2) is 48.7. The second-order valence-corrected chi connectivity index (χ2v) is 15.6. The molecule has 1 atom stereocenters. The van der Waals surface area contributed by atoms with Crippen molar-refractivity contribution in [3.05, 3.63) is 109 Å². The van der Waals surface area contributed by atoms with Crippen LogP contribution < -0.4 is 0 Å². The zero-order chi connectivity index (χ0) is 44.4. The smallest absolute Gasteiger partial charge is 0.306 e. The lowest BCUT2D eigenvalue weighted by molar-refractivity contribution is -0.166. The normalized spacial score (nSPS) is 13.0. The Hall–Kier alpha value is -3.93. The number of allylic oxidation sites excluding steroid dienone is 18. The van der Waals surface area contributed by atoms with Crippen LogP contribution in [-0.4, -0.2) is 37.2 Å². The van der Waals surface area contributed by atoms with Crippen LogP contribution in [0.25, 0.3) is 0 Å². The molecule has 0 bridgehead atoms. The zero-order valence-corrected chi connectivity index (χ0v) is 39.1. The fourth-order valence-electron chi connectivity index (χ4n) is 6.15. The molecule has 6 heteroatoms. The summed E-state index contributed by atoms with van der Waals surface area (Å²) in [4.78, 5) is 37.8. The fraction of sp³-hybridized carbons (Fsp3) is 0.618. The molecule has 0 aliphatic rings. The lowest BCUT2D eigenvalue weighted by Crippen LogP contribution is -2.30. The Kier molecular flexibility index (Phi) is 45.6. The van der Waals surface area contributed by atoms with Crippen LogP contribution >= 0.6 is 0 Å². The minimum absolute atomic E-state index is 0.114. The third-order valence-corrected chi connectivity index (χ3v) is 9.76. The van der Waals surface area contributed by atoms with E-state index >= 15 is 0 Å². The van der Waals surface area contributed by atoms with Crippen molar-refractivity contribution >= 4 is 17.9 Å². The lowest BCUT2D eigenvalue weighted by atomic mass is 10.1. The summed E-state index contributed by atoms with van der Waals surface area (Å²) in [5, 5.41) is 0. The molecular weight excluding hydrogens is 757 g/mol. The van der Waals surface area contributed by atoms with E-state index in [0.29, 0.717) is 19.3 Å². The lowest BCUT2D eigenvalue weighted by Gasteiger charge is -2.18. The summed E-state index contributed by atoms with van der Waals surface area (Å²) in [6.07, 6.45) is 65.1. The van der Waals surface area contributed by atoms with Gasteiger partial charge in [0.25, 0.3) is 0 Å². The first-order valence-corrected chi connectivity index (χ1v) is 24.4. The zero-order valence-electron chi connectivity index (χ0n) is 39.1. The van der Waals surface area contributed by atoms with E-state index in [0.717, 1.165) is 122 Å². The monoisotopic (exact) mass is 845 g/mol. The number of carbonyl (C=O) groups excluding carboxylic acids is 3. The number of hydrogen-bond donors (Lipinski definition) is 0. The SMILES string of the molecule is CC/C=C\C/C=C\C/C=C\C/C=C\C/C=C\C/C=C\CCC(=O)OCC(COC(=O)CCCCCCC/C=C\CCCCC)OC(=O)CCCCCCC/C=C\C/C=C\CC. The van der Waals surface area contributed by atoms with Gasteiger partial charge in [-0.3, -0.25) is 14.4 Å². The van der Waals surface area contributed by atoms with E-state index < -0.39 is 6.10 Å². The van der Waals surface area contributed by atoms with Gasteiger partial charge in [0.1, 0.15) is 13.2 Å². The van der Waals surface area contributed by atoms with Gasteiger partial charge < -0.3 is 14.2 Å². The third kappa shape index (κ3) is 47.0. The van der Waals surface area contributed by atoms with Crippen molar-refractivity contribution in [1.29, 1.82) is 0 Å². The molecule has 0 N–H and O–H groups in total. The first-order chi connectivity index (χ1) is 30.0. The molecule has 0 aromatic rings. The van der Waals surface area contributed by atoms with Gasteiger partial charge in [-0.15, -0.1) is 0 Å². The van der Waals surface area contributed by atoms with E-state index in [1.807, 2.05) is 12.2 Å². The molecule has 0 radical (unpaired) electrons. The van der Waals surface area contributed by atoms with Crippen LogP contribution in [0.1, 0.15) is 201 Å². The second-order valence-electron chi connectivity index (χ2n) is 15.6. The maximum absolute atomic E-state index is 12.7. The quantitative estimate of drug-likeness (QED) is 0.0264. The van der Waals surface area contributed by atoms with Gasteiger partial charge in [0.05, 0.1) is 0 Å². The Labute approximate surface area is 374 Å². The molecule has 0 fully saturated rings. The Morgan fingerprint density at radius 1 is 0.344 bits per heavy atom. The van der Waals surface area contributed by atoms with Crippen LogP contribution in [0.5, 0.6) is 0 Å². The van der Waals surface area contributed by atoms with Gasteiger partial charge in [-0.1, -0.05) is 182 Å². The molecule has 0 aliphatic carbocycles. The molecular formula is C55H88O6. The van der Waals surface area contributed by atoms with Gasteiger partial charge in [-0.05, 0) is 109 Å². The Morgan fingerprint density at radius 2 is 0.672 bits per heavy atom. The summed E-state index contributed by atoms with van der Waals surface area (Å²) in [6, 6.07) is 0. The number of unbranched alkanes of at least 4 members (excludes halogenated alkanes) is 13. The van der Waals surface area contributed by atoms with E-state index in [9.17, 15) is 14.4 Å². The van der Waals surface area contributed by atoms with Crippen molar-refractivity contribution in [3.8, 4) is 0 Å². The topological polar surface area (TPSA) is 78.9 Å². The summed E-state index contributed by atoms with van der Waals surface area (Å²) in [5.41, 5.74) is 0. The van der Waals surface area contributed by atoms with Crippen LogP contribution in [0.15, 0.2) is 109 Å². The summed E-state index contributed by atoms with van der Waals surface area (Å²) in [6.45, 7) is 6.28. The van der Waals surface area contributed by atoms with Crippen molar-refractivity contribution < 1.29 is 28.6 Å². The summed E-state index contributed by atoms with van der Waals surface area (Å²) in [5.74, 6) is -1.03. The highest BCUT2D eigenvalue weighted by atomic mass is 16.6. The average Bonchev–Trinajstić information content (AvgIpc) is 3.26. The molecule has 0 saturated heterocycles. The molecule has 0 amide bonds. The van der Waals surface area contributed by atoms with Crippen LogP contribution in [0.4, 0.5) is 0 Å². The molecule has 0 aromatic carbocycles. The Morgan fingerprint density at radius 3 is 1.11 bits per heavy atom. The molecule has 1 unspecified atom stereocenters. The summed E-state index contributed by atoms with van der Waals surface area (Å²) in [7, 11) is 0. The molecule has 0 heterocycles. The number of esters is 3. The number of rotatable bonds is 42. The molecule has 0 spiro atoms. The van der Waals surface area contributed by atoms with Crippen LogP contribution in [-0.2, 0) is 28.6 Å². The molecule has 0 aliphatic heterocycles. The highest BCUT2D eigenvalue weighted by molar-refractivity contribution is 5.71.